The summed E-state index contributed by atoms with van der Waals surface area (Å²) in [5, 5.41) is 3.11. The molecule has 0 aromatic carbocycles. The summed E-state index contributed by atoms with van der Waals surface area (Å²) < 4.78 is 5.49. The lowest BCUT2D eigenvalue weighted by molar-refractivity contribution is -0.130. The molecule has 1 atom stereocenters. The maximum Gasteiger partial charge on any atom is 0.236 e. The Labute approximate surface area is 92.0 Å². The van der Waals surface area contributed by atoms with E-state index in [1.165, 1.54) is 0 Å². The van der Waals surface area contributed by atoms with E-state index in [0.717, 1.165) is 39.0 Å². The number of carbonyl (C=O) groups is 1. The number of amides is 1. The van der Waals surface area contributed by atoms with Gasteiger partial charge >= 0.3 is 0 Å². The zero-order chi connectivity index (χ0) is 11.1. The van der Waals surface area contributed by atoms with Crippen LogP contribution in [0.2, 0.25) is 0 Å². The maximum atomic E-state index is 11.6. The second kappa shape index (κ2) is 6.80. The first-order chi connectivity index (χ1) is 7.24. The highest BCUT2D eigenvalue weighted by atomic mass is 16.5. The van der Waals surface area contributed by atoms with Crippen molar-refractivity contribution in [1.29, 1.82) is 0 Å². The smallest absolute Gasteiger partial charge is 0.236 e. The van der Waals surface area contributed by atoms with Gasteiger partial charge in [0.2, 0.25) is 5.91 Å². The number of likely N-dealkylation sites (N-methyl/N-ethyl adjacent to an activating group) is 1. The second-order valence-electron chi connectivity index (χ2n) is 4.09. The van der Waals surface area contributed by atoms with Crippen LogP contribution in [-0.2, 0) is 9.53 Å². The predicted molar refractivity (Wildman–Crippen MR) is 59.8 cm³/mol. The molecule has 1 saturated heterocycles. The van der Waals surface area contributed by atoms with Crippen molar-refractivity contribution in [3.63, 3.8) is 0 Å². The first-order valence-corrected chi connectivity index (χ1v) is 5.80. The molecule has 1 unspecified atom stereocenters. The SMILES string of the molecule is CCCNCC(=O)N(C)CC1CCCO1. The van der Waals surface area contributed by atoms with Crippen LogP contribution < -0.4 is 5.32 Å². The number of ether oxygens (including phenoxy) is 1. The molecule has 0 aromatic heterocycles. The van der Waals surface area contributed by atoms with Crippen LogP contribution in [0.25, 0.3) is 0 Å². The van der Waals surface area contributed by atoms with Crippen molar-refractivity contribution >= 4 is 5.91 Å². The third-order valence-corrected chi connectivity index (χ3v) is 2.63. The fraction of sp³-hybridized carbons (Fsp3) is 0.909. The van der Waals surface area contributed by atoms with E-state index in [-0.39, 0.29) is 12.0 Å². The molecular formula is C11H22N2O2. The summed E-state index contributed by atoms with van der Waals surface area (Å²) in [5.41, 5.74) is 0. The van der Waals surface area contributed by atoms with Crippen LogP contribution in [-0.4, -0.2) is 50.2 Å². The summed E-state index contributed by atoms with van der Waals surface area (Å²) in [7, 11) is 1.84. The van der Waals surface area contributed by atoms with Gasteiger partial charge in [-0.3, -0.25) is 4.79 Å². The van der Waals surface area contributed by atoms with E-state index in [2.05, 4.69) is 12.2 Å². The van der Waals surface area contributed by atoms with Crippen molar-refractivity contribution in [3.05, 3.63) is 0 Å². The molecule has 4 heteroatoms. The quantitative estimate of drug-likeness (QED) is 0.659. The predicted octanol–water partition coefficient (Wildman–Crippen LogP) is 0.623. The van der Waals surface area contributed by atoms with Gasteiger partial charge in [0.25, 0.3) is 0 Å². The summed E-state index contributed by atoms with van der Waals surface area (Å²) in [6.45, 7) is 5.01. The first kappa shape index (κ1) is 12.5. The molecule has 0 radical (unpaired) electrons. The maximum absolute atomic E-state index is 11.6. The van der Waals surface area contributed by atoms with Gasteiger partial charge in [-0.25, -0.2) is 0 Å². The zero-order valence-electron chi connectivity index (χ0n) is 9.79. The van der Waals surface area contributed by atoms with Gasteiger partial charge in [-0.1, -0.05) is 6.92 Å². The lowest BCUT2D eigenvalue weighted by Gasteiger charge is -2.20. The molecule has 4 nitrogen and oxygen atoms in total. The topological polar surface area (TPSA) is 41.6 Å². The van der Waals surface area contributed by atoms with E-state index in [4.69, 9.17) is 4.74 Å². The molecule has 1 amide bonds. The van der Waals surface area contributed by atoms with Gasteiger partial charge in [0.05, 0.1) is 12.6 Å². The average molecular weight is 214 g/mol. The monoisotopic (exact) mass is 214 g/mol. The third-order valence-electron chi connectivity index (χ3n) is 2.63. The normalized spacial score (nSPS) is 20.5. The van der Waals surface area contributed by atoms with Crippen LogP contribution in [0, 0.1) is 0 Å². The van der Waals surface area contributed by atoms with E-state index >= 15 is 0 Å². The third kappa shape index (κ3) is 4.62. The highest BCUT2D eigenvalue weighted by Crippen LogP contribution is 2.12. The molecule has 1 N–H and O–H groups in total. The lowest BCUT2D eigenvalue weighted by atomic mass is 10.2. The number of rotatable bonds is 6. The molecular weight excluding hydrogens is 192 g/mol. The Balaban J connectivity index is 2.14. The van der Waals surface area contributed by atoms with Crippen LogP contribution in [0.15, 0.2) is 0 Å². The van der Waals surface area contributed by atoms with Gasteiger partial charge in [0.1, 0.15) is 0 Å². The van der Waals surface area contributed by atoms with E-state index < -0.39 is 0 Å². The number of nitrogens with zero attached hydrogens (tertiary/aromatic N) is 1. The number of nitrogens with one attached hydrogen (secondary N) is 1. The summed E-state index contributed by atoms with van der Waals surface area (Å²) >= 11 is 0. The molecule has 0 saturated carbocycles. The van der Waals surface area contributed by atoms with Crippen molar-refractivity contribution in [3.8, 4) is 0 Å². The Bertz CT molecular complexity index is 191. The molecule has 1 rings (SSSR count). The van der Waals surface area contributed by atoms with Crippen LogP contribution in [0.5, 0.6) is 0 Å². The van der Waals surface area contributed by atoms with Gasteiger partial charge in [-0.15, -0.1) is 0 Å². The molecule has 1 aliphatic rings. The van der Waals surface area contributed by atoms with Gasteiger partial charge in [0.15, 0.2) is 0 Å². The minimum absolute atomic E-state index is 0.152. The molecule has 0 spiro atoms. The Morgan fingerprint density at radius 3 is 3.00 bits per heavy atom. The van der Waals surface area contributed by atoms with Gasteiger partial charge in [-0.05, 0) is 25.8 Å². The second-order valence-corrected chi connectivity index (χ2v) is 4.09. The molecule has 1 fully saturated rings. The lowest BCUT2D eigenvalue weighted by Crippen LogP contribution is -2.39. The number of hydrogen-bond acceptors (Lipinski definition) is 3. The Kier molecular flexibility index (Phi) is 5.65. The minimum Gasteiger partial charge on any atom is -0.376 e. The van der Waals surface area contributed by atoms with E-state index in [1.807, 2.05) is 7.05 Å². The molecule has 0 aromatic rings. The zero-order valence-corrected chi connectivity index (χ0v) is 9.79. The average Bonchev–Trinajstić information content (AvgIpc) is 2.70. The van der Waals surface area contributed by atoms with E-state index in [1.54, 1.807) is 4.90 Å². The Morgan fingerprint density at radius 1 is 1.60 bits per heavy atom. The van der Waals surface area contributed by atoms with Crippen LogP contribution >= 0.6 is 0 Å². The fourth-order valence-electron chi connectivity index (χ4n) is 1.70. The largest absolute Gasteiger partial charge is 0.376 e. The summed E-state index contributed by atoms with van der Waals surface area (Å²) in [4.78, 5) is 13.4. The number of carbonyl (C=O) groups excluding carboxylic acids is 1. The number of hydrogen-bond donors (Lipinski definition) is 1. The highest BCUT2D eigenvalue weighted by Gasteiger charge is 2.19. The molecule has 1 aliphatic heterocycles. The van der Waals surface area contributed by atoms with Crippen molar-refractivity contribution in [1.82, 2.24) is 10.2 Å². The molecule has 1 heterocycles. The van der Waals surface area contributed by atoms with E-state index in [9.17, 15) is 4.79 Å². The Morgan fingerprint density at radius 2 is 2.40 bits per heavy atom. The molecule has 0 bridgehead atoms. The van der Waals surface area contributed by atoms with Crippen molar-refractivity contribution in [2.45, 2.75) is 32.3 Å². The Hall–Kier alpha value is -0.610. The highest BCUT2D eigenvalue weighted by molar-refractivity contribution is 5.77. The van der Waals surface area contributed by atoms with Gasteiger partial charge in [0, 0.05) is 20.2 Å². The van der Waals surface area contributed by atoms with Gasteiger partial charge in [-0.2, -0.15) is 0 Å². The van der Waals surface area contributed by atoms with Crippen molar-refractivity contribution in [2.24, 2.45) is 0 Å². The minimum atomic E-state index is 0.152. The summed E-state index contributed by atoms with van der Waals surface area (Å²) in [6, 6.07) is 0. The van der Waals surface area contributed by atoms with Crippen LogP contribution in [0.1, 0.15) is 26.2 Å². The van der Waals surface area contributed by atoms with Crippen LogP contribution in [0.4, 0.5) is 0 Å². The van der Waals surface area contributed by atoms with E-state index in [0.29, 0.717) is 6.54 Å². The first-order valence-electron chi connectivity index (χ1n) is 5.80. The van der Waals surface area contributed by atoms with Crippen molar-refractivity contribution in [2.75, 3.05) is 33.3 Å². The molecule has 0 aliphatic carbocycles. The summed E-state index contributed by atoms with van der Waals surface area (Å²) in [6.07, 6.45) is 3.52. The van der Waals surface area contributed by atoms with Crippen molar-refractivity contribution < 1.29 is 9.53 Å². The molecule has 88 valence electrons. The molecule has 15 heavy (non-hydrogen) atoms. The van der Waals surface area contributed by atoms with Crippen LogP contribution in [0.3, 0.4) is 0 Å². The fourth-order valence-corrected chi connectivity index (χ4v) is 1.70. The summed E-state index contributed by atoms with van der Waals surface area (Å²) in [5.74, 6) is 0.152. The van der Waals surface area contributed by atoms with Gasteiger partial charge < -0.3 is 15.0 Å². The standard InChI is InChI=1S/C11H22N2O2/c1-3-6-12-8-11(14)13(2)9-10-5-4-7-15-10/h10,12H,3-9H2,1-2H3.